The van der Waals surface area contributed by atoms with E-state index in [1.165, 1.54) is 6.92 Å². The predicted octanol–water partition coefficient (Wildman–Crippen LogP) is 2.80. The van der Waals surface area contributed by atoms with Crippen LogP contribution in [-0.4, -0.2) is 24.3 Å². The van der Waals surface area contributed by atoms with Crippen molar-refractivity contribution in [1.82, 2.24) is 5.32 Å². The van der Waals surface area contributed by atoms with Crippen molar-refractivity contribution in [2.45, 2.75) is 32.7 Å². The summed E-state index contributed by atoms with van der Waals surface area (Å²) in [7, 11) is 0. The number of amides is 3. The van der Waals surface area contributed by atoms with E-state index in [-0.39, 0.29) is 11.9 Å². The van der Waals surface area contributed by atoms with Gasteiger partial charge in [-0.2, -0.15) is 0 Å². The highest BCUT2D eigenvalue weighted by molar-refractivity contribution is 6.39. The Morgan fingerprint density at radius 3 is 2.48 bits per heavy atom. The number of nitrogens with zero attached hydrogens (tertiary/aromatic N) is 1. The van der Waals surface area contributed by atoms with Crippen LogP contribution >= 0.6 is 0 Å². The first-order valence-corrected chi connectivity index (χ1v) is 9.03. The van der Waals surface area contributed by atoms with Crippen LogP contribution in [0.5, 0.6) is 0 Å². The van der Waals surface area contributed by atoms with Gasteiger partial charge in [-0.1, -0.05) is 36.4 Å². The Morgan fingerprint density at radius 2 is 1.78 bits per heavy atom. The van der Waals surface area contributed by atoms with Gasteiger partial charge in [-0.05, 0) is 43.0 Å². The molecule has 0 aliphatic carbocycles. The molecule has 0 aromatic heterocycles. The van der Waals surface area contributed by atoms with E-state index in [4.69, 9.17) is 0 Å². The topological polar surface area (TPSA) is 78.5 Å². The van der Waals surface area contributed by atoms with E-state index in [1.807, 2.05) is 43.3 Å². The summed E-state index contributed by atoms with van der Waals surface area (Å²) < 4.78 is 0. The molecule has 0 saturated carbocycles. The number of rotatable bonds is 3. The Morgan fingerprint density at radius 1 is 1.04 bits per heavy atom. The van der Waals surface area contributed by atoms with Gasteiger partial charge in [-0.3, -0.25) is 14.4 Å². The number of nitrogens with one attached hydrogen (secondary N) is 2. The lowest BCUT2D eigenvalue weighted by Crippen LogP contribution is -2.37. The van der Waals surface area contributed by atoms with Gasteiger partial charge < -0.3 is 15.5 Å². The second-order valence-electron chi connectivity index (χ2n) is 6.68. The Labute approximate surface area is 158 Å². The maximum atomic E-state index is 12.3. The van der Waals surface area contributed by atoms with Gasteiger partial charge in [0.15, 0.2) is 0 Å². The van der Waals surface area contributed by atoms with Crippen LogP contribution in [0, 0.1) is 0 Å². The van der Waals surface area contributed by atoms with Crippen LogP contribution in [0.25, 0.3) is 0 Å². The zero-order valence-corrected chi connectivity index (χ0v) is 15.5. The highest BCUT2D eigenvalue weighted by atomic mass is 16.2. The second kappa shape index (κ2) is 8.03. The van der Waals surface area contributed by atoms with Crippen LogP contribution in [0.1, 0.15) is 37.4 Å². The lowest BCUT2D eigenvalue weighted by molar-refractivity contribution is -0.136. The van der Waals surface area contributed by atoms with Crippen LogP contribution in [-0.2, 0) is 20.8 Å². The van der Waals surface area contributed by atoms with E-state index >= 15 is 0 Å². The SMILES string of the molecule is CC(=O)N1CCCc2ccc(NC(=O)C(=O)N[C@@H](C)c3ccccc3)cc21. The van der Waals surface area contributed by atoms with Gasteiger partial charge >= 0.3 is 11.8 Å². The summed E-state index contributed by atoms with van der Waals surface area (Å²) in [5, 5.41) is 5.31. The van der Waals surface area contributed by atoms with E-state index in [2.05, 4.69) is 10.6 Å². The Kier molecular flexibility index (Phi) is 5.54. The van der Waals surface area contributed by atoms with Crippen LogP contribution in [0.3, 0.4) is 0 Å². The fourth-order valence-corrected chi connectivity index (χ4v) is 3.25. The maximum Gasteiger partial charge on any atom is 0.313 e. The van der Waals surface area contributed by atoms with Crippen molar-refractivity contribution in [1.29, 1.82) is 0 Å². The average molecular weight is 365 g/mol. The van der Waals surface area contributed by atoms with Crippen LogP contribution in [0.4, 0.5) is 11.4 Å². The molecule has 1 aliphatic heterocycles. The van der Waals surface area contributed by atoms with Crippen LogP contribution < -0.4 is 15.5 Å². The highest BCUT2D eigenvalue weighted by Crippen LogP contribution is 2.30. The molecule has 6 heteroatoms. The van der Waals surface area contributed by atoms with Crippen LogP contribution in [0.15, 0.2) is 48.5 Å². The third-order valence-corrected chi connectivity index (χ3v) is 4.70. The molecule has 0 saturated heterocycles. The zero-order chi connectivity index (χ0) is 19.4. The predicted molar refractivity (Wildman–Crippen MR) is 104 cm³/mol. The van der Waals surface area contributed by atoms with Crippen LogP contribution in [0.2, 0.25) is 0 Å². The number of hydrogen-bond donors (Lipinski definition) is 2. The Bertz CT molecular complexity index is 864. The molecule has 3 rings (SSSR count). The molecule has 140 valence electrons. The van der Waals surface area contributed by atoms with Crippen molar-refractivity contribution in [2.75, 3.05) is 16.8 Å². The fraction of sp³-hybridized carbons (Fsp3) is 0.286. The van der Waals surface area contributed by atoms with E-state index < -0.39 is 11.8 Å². The Hall–Kier alpha value is -3.15. The summed E-state index contributed by atoms with van der Waals surface area (Å²) >= 11 is 0. The van der Waals surface area contributed by atoms with Gasteiger partial charge in [-0.25, -0.2) is 0 Å². The molecule has 0 bridgehead atoms. The molecule has 2 N–H and O–H groups in total. The third kappa shape index (κ3) is 4.34. The molecule has 1 atom stereocenters. The van der Waals surface area contributed by atoms with Gasteiger partial charge in [0.2, 0.25) is 5.91 Å². The summed E-state index contributed by atoms with van der Waals surface area (Å²) in [6.45, 7) is 4.01. The maximum absolute atomic E-state index is 12.3. The monoisotopic (exact) mass is 365 g/mol. The number of carbonyl (C=O) groups excluding carboxylic acids is 3. The number of hydrogen-bond acceptors (Lipinski definition) is 3. The molecule has 1 aliphatic rings. The van der Waals surface area contributed by atoms with Gasteiger partial charge in [0.25, 0.3) is 0 Å². The zero-order valence-electron chi connectivity index (χ0n) is 15.5. The Balaban J connectivity index is 1.68. The van der Waals surface area contributed by atoms with E-state index in [1.54, 1.807) is 17.0 Å². The standard InChI is InChI=1S/C21H23N3O3/c1-14(16-7-4-3-5-8-16)22-20(26)21(27)23-18-11-10-17-9-6-12-24(15(2)25)19(17)13-18/h3-5,7-8,10-11,13-14H,6,9,12H2,1-2H3,(H,22,26)(H,23,27)/t14-/m0/s1. The fourth-order valence-electron chi connectivity index (χ4n) is 3.25. The van der Waals surface area contributed by atoms with Crippen molar-refractivity contribution in [3.8, 4) is 0 Å². The number of benzene rings is 2. The molecule has 0 fully saturated rings. The summed E-state index contributed by atoms with van der Waals surface area (Å²) in [5.41, 5.74) is 3.28. The van der Waals surface area contributed by atoms with E-state index in [0.717, 1.165) is 29.7 Å². The lowest BCUT2D eigenvalue weighted by atomic mass is 10.0. The van der Waals surface area contributed by atoms with Crippen molar-refractivity contribution < 1.29 is 14.4 Å². The third-order valence-electron chi connectivity index (χ3n) is 4.70. The number of fused-ring (bicyclic) bond motifs is 1. The first-order chi connectivity index (χ1) is 13.0. The lowest BCUT2D eigenvalue weighted by Gasteiger charge is -2.29. The highest BCUT2D eigenvalue weighted by Gasteiger charge is 2.22. The van der Waals surface area contributed by atoms with Gasteiger partial charge in [0, 0.05) is 24.8 Å². The number of carbonyl (C=O) groups is 3. The first-order valence-electron chi connectivity index (χ1n) is 9.03. The second-order valence-corrected chi connectivity index (χ2v) is 6.68. The molecular formula is C21H23N3O3. The molecule has 2 aromatic carbocycles. The summed E-state index contributed by atoms with van der Waals surface area (Å²) in [4.78, 5) is 38.0. The van der Waals surface area contributed by atoms with Gasteiger partial charge in [0.1, 0.15) is 0 Å². The van der Waals surface area contributed by atoms with Gasteiger partial charge in [-0.15, -0.1) is 0 Å². The number of aryl methyl sites for hydroxylation is 1. The first kappa shape index (κ1) is 18.6. The molecule has 1 heterocycles. The average Bonchev–Trinajstić information content (AvgIpc) is 2.67. The summed E-state index contributed by atoms with van der Waals surface area (Å²) in [6.07, 6.45) is 1.81. The van der Waals surface area contributed by atoms with Gasteiger partial charge in [0.05, 0.1) is 6.04 Å². The molecule has 3 amide bonds. The van der Waals surface area contributed by atoms with Crippen molar-refractivity contribution in [2.24, 2.45) is 0 Å². The molecule has 6 nitrogen and oxygen atoms in total. The molecule has 0 radical (unpaired) electrons. The summed E-state index contributed by atoms with van der Waals surface area (Å²) in [6, 6.07) is 14.6. The van der Waals surface area contributed by atoms with Crippen molar-refractivity contribution in [3.05, 3.63) is 59.7 Å². The molecule has 2 aromatic rings. The summed E-state index contributed by atoms with van der Waals surface area (Å²) in [5.74, 6) is -1.47. The molecule has 0 unspecified atom stereocenters. The molecule has 0 spiro atoms. The van der Waals surface area contributed by atoms with Crippen molar-refractivity contribution >= 4 is 29.1 Å². The molecular weight excluding hydrogens is 342 g/mol. The minimum Gasteiger partial charge on any atom is -0.341 e. The molecule has 27 heavy (non-hydrogen) atoms. The normalized spacial score (nSPS) is 14.1. The minimum atomic E-state index is -0.733. The quantitative estimate of drug-likeness (QED) is 0.821. The largest absolute Gasteiger partial charge is 0.341 e. The minimum absolute atomic E-state index is 0.0335. The smallest absolute Gasteiger partial charge is 0.313 e. The van der Waals surface area contributed by atoms with E-state index in [0.29, 0.717) is 12.2 Å². The number of anilines is 2. The van der Waals surface area contributed by atoms with E-state index in [9.17, 15) is 14.4 Å². The van der Waals surface area contributed by atoms with Crippen molar-refractivity contribution in [3.63, 3.8) is 0 Å².